The highest BCUT2D eigenvalue weighted by atomic mass is 16.7. The molecule has 1 heterocycles. The topological polar surface area (TPSA) is 189 Å². The summed E-state index contributed by atoms with van der Waals surface area (Å²) in [5.74, 6) is -0.709. The maximum Gasteiger partial charge on any atom is 0.249 e. The first-order valence-corrected chi connectivity index (χ1v) is 37.0. The minimum absolute atomic E-state index is 0.241. The molecule has 9 unspecified atom stereocenters. The van der Waals surface area contributed by atoms with Crippen LogP contribution in [0.5, 0.6) is 0 Å². The van der Waals surface area contributed by atoms with Crippen molar-refractivity contribution in [3.8, 4) is 0 Å². The zero-order valence-corrected chi connectivity index (χ0v) is 56.1. The Hall–Kier alpha value is -1.93. The van der Waals surface area contributed by atoms with E-state index >= 15 is 0 Å². The molecular formula is C75H141NO10. The van der Waals surface area contributed by atoms with Crippen LogP contribution < -0.4 is 5.32 Å². The molecule has 0 saturated carbocycles. The number of aliphatic hydroxyl groups excluding tert-OH is 7. The van der Waals surface area contributed by atoms with Crippen LogP contribution in [-0.4, -0.2) is 110 Å². The first-order chi connectivity index (χ1) is 42.2. The summed E-state index contributed by atoms with van der Waals surface area (Å²) in [4.78, 5) is 13.3. The fourth-order valence-corrected chi connectivity index (χ4v) is 11.9. The van der Waals surface area contributed by atoms with Crippen molar-refractivity contribution >= 4 is 5.91 Å². The molecule has 0 aromatic heterocycles. The number of carbonyl (C=O) groups excluding carboxylic acids is 1. The first kappa shape index (κ1) is 82.1. The van der Waals surface area contributed by atoms with E-state index in [0.717, 1.165) is 44.9 Å². The van der Waals surface area contributed by atoms with Gasteiger partial charge in [-0.2, -0.15) is 0 Å². The lowest BCUT2D eigenvalue weighted by atomic mass is 9.98. The second-order valence-electron chi connectivity index (χ2n) is 26.0. The predicted molar refractivity (Wildman–Crippen MR) is 362 cm³/mol. The molecule has 1 fully saturated rings. The minimum Gasteiger partial charge on any atom is -0.394 e. The molecule has 1 aliphatic rings. The third kappa shape index (κ3) is 49.8. The molecule has 0 bridgehead atoms. The Kier molecular flexibility index (Phi) is 60.3. The molecular weight excluding hydrogens is 1070 g/mol. The Morgan fingerprint density at radius 1 is 0.395 bits per heavy atom. The summed E-state index contributed by atoms with van der Waals surface area (Å²) in [5, 5.41) is 76.5. The summed E-state index contributed by atoms with van der Waals surface area (Å²) in [6, 6.07) is -1.20. The number of hydrogen-bond acceptors (Lipinski definition) is 10. The number of hydrogen-bond donors (Lipinski definition) is 8. The maximum absolute atomic E-state index is 13.3. The number of ether oxygens (including phenoxy) is 2. The van der Waals surface area contributed by atoms with Crippen molar-refractivity contribution in [1.82, 2.24) is 5.32 Å². The van der Waals surface area contributed by atoms with Gasteiger partial charge in [-0.3, -0.25) is 4.79 Å². The van der Waals surface area contributed by atoms with E-state index in [-0.39, 0.29) is 12.8 Å². The summed E-state index contributed by atoms with van der Waals surface area (Å²) < 4.78 is 11.2. The first-order valence-electron chi connectivity index (χ1n) is 37.0. The highest BCUT2D eigenvalue weighted by molar-refractivity contribution is 5.80. The van der Waals surface area contributed by atoms with Crippen LogP contribution in [0, 0.1) is 0 Å². The van der Waals surface area contributed by atoms with E-state index in [2.05, 4.69) is 67.8 Å². The number of rotatable bonds is 65. The van der Waals surface area contributed by atoms with E-state index in [0.29, 0.717) is 19.3 Å². The Morgan fingerprint density at radius 3 is 1.03 bits per heavy atom. The maximum atomic E-state index is 13.3. The molecule has 1 saturated heterocycles. The SMILES string of the molecule is CCCCCCCCCCCCCC/C=C\CCCCCCCCCCCCCCC(O)C(=O)NC(COC1OC(CO)C(O)C(O)C1O)C(O)C(O)CCC/C=C/CC/C=C/CC/C=C/CCCCCCCCCCCCCCCCCCCC. The molecule has 11 heteroatoms. The van der Waals surface area contributed by atoms with Crippen LogP contribution >= 0.6 is 0 Å². The van der Waals surface area contributed by atoms with Crippen LogP contribution in [-0.2, 0) is 14.3 Å². The highest BCUT2D eigenvalue weighted by Crippen LogP contribution is 2.24. The molecule has 506 valence electrons. The number of amides is 1. The second kappa shape index (κ2) is 63.2. The van der Waals surface area contributed by atoms with Gasteiger partial charge in [0.15, 0.2) is 6.29 Å². The molecule has 0 aromatic carbocycles. The van der Waals surface area contributed by atoms with Crippen LogP contribution in [0.15, 0.2) is 48.6 Å². The van der Waals surface area contributed by atoms with Gasteiger partial charge >= 0.3 is 0 Å². The molecule has 0 aliphatic carbocycles. The van der Waals surface area contributed by atoms with Crippen LogP contribution in [0.4, 0.5) is 0 Å². The number of aliphatic hydroxyl groups is 7. The fraction of sp³-hybridized carbons (Fsp3) is 0.880. The van der Waals surface area contributed by atoms with Crippen LogP contribution in [0.1, 0.15) is 354 Å². The van der Waals surface area contributed by atoms with Gasteiger partial charge in [0.1, 0.15) is 36.6 Å². The van der Waals surface area contributed by atoms with Gasteiger partial charge in [-0.15, -0.1) is 0 Å². The van der Waals surface area contributed by atoms with Crippen molar-refractivity contribution in [3.63, 3.8) is 0 Å². The summed E-state index contributed by atoms with van der Waals surface area (Å²) in [6.07, 6.45) is 72.1. The molecule has 86 heavy (non-hydrogen) atoms. The molecule has 0 spiro atoms. The number of unbranched alkanes of at least 4 members (excludes halogenated alkanes) is 45. The zero-order valence-electron chi connectivity index (χ0n) is 56.1. The molecule has 11 nitrogen and oxygen atoms in total. The molecule has 8 N–H and O–H groups in total. The molecule has 0 aromatic rings. The van der Waals surface area contributed by atoms with Crippen molar-refractivity contribution in [2.24, 2.45) is 0 Å². The number of nitrogens with one attached hydrogen (secondary N) is 1. The van der Waals surface area contributed by atoms with Crippen LogP contribution in [0.3, 0.4) is 0 Å². The van der Waals surface area contributed by atoms with Crippen molar-refractivity contribution in [2.45, 2.75) is 409 Å². The van der Waals surface area contributed by atoms with Gasteiger partial charge in [0.25, 0.3) is 0 Å². The zero-order chi connectivity index (χ0) is 62.4. The average molecular weight is 1220 g/mol. The van der Waals surface area contributed by atoms with E-state index < -0.39 is 74.2 Å². The summed E-state index contributed by atoms with van der Waals surface area (Å²) in [5.41, 5.74) is 0. The van der Waals surface area contributed by atoms with Crippen LogP contribution in [0.2, 0.25) is 0 Å². The smallest absolute Gasteiger partial charge is 0.249 e. The molecule has 1 amide bonds. The van der Waals surface area contributed by atoms with E-state index in [1.165, 1.54) is 263 Å². The van der Waals surface area contributed by atoms with Gasteiger partial charge in [0.05, 0.1) is 25.4 Å². The molecule has 1 aliphatic heterocycles. The van der Waals surface area contributed by atoms with E-state index in [1.807, 2.05) is 0 Å². The van der Waals surface area contributed by atoms with E-state index in [4.69, 9.17) is 9.47 Å². The Balaban J connectivity index is 2.22. The van der Waals surface area contributed by atoms with Crippen molar-refractivity contribution in [2.75, 3.05) is 13.2 Å². The van der Waals surface area contributed by atoms with Gasteiger partial charge in [-0.1, -0.05) is 313 Å². The Bertz CT molecular complexity index is 1540. The van der Waals surface area contributed by atoms with Gasteiger partial charge < -0.3 is 50.5 Å². The fourth-order valence-electron chi connectivity index (χ4n) is 11.9. The van der Waals surface area contributed by atoms with Crippen molar-refractivity contribution in [1.29, 1.82) is 0 Å². The van der Waals surface area contributed by atoms with Gasteiger partial charge in [0.2, 0.25) is 5.91 Å². The average Bonchev–Trinajstić information content (AvgIpc) is 2.54. The van der Waals surface area contributed by atoms with E-state index in [1.54, 1.807) is 0 Å². The minimum atomic E-state index is -1.68. The van der Waals surface area contributed by atoms with Gasteiger partial charge in [0, 0.05) is 0 Å². The summed E-state index contributed by atoms with van der Waals surface area (Å²) >= 11 is 0. The predicted octanol–water partition coefficient (Wildman–Crippen LogP) is 18.3. The van der Waals surface area contributed by atoms with Gasteiger partial charge in [-0.25, -0.2) is 0 Å². The summed E-state index contributed by atoms with van der Waals surface area (Å²) in [6.45, 7) is 3.49. The lowest BCUT2D eigenvalue weighted by molar-refractivity contribution is -0.303. The molecule has 0 radical (unpaired) electrons. The lowest BCUT2D eigenvalue weighted by Crippen LogP contribution is -2.60. The third-order valence-corrected chi connectivity index (χ3v) is 17.8. The normalized spacial score (nSPS) is 19.0. The monoisotopic (exact) mass is 1220 g/mol. The Morgan fingerprint density at radius 2 is 0.698 bits per heavy atom. The number of allylic oxidation sites excluding steroid dienone is 8. The van der Waals surface area contributed by atoms with Crippen molar-refractivity contribution in [3.05, 3.63) is 48.6 Å². The Labute approximate surface area is 529 Å². The number of carbonyl (C=O) groups is 1. The molecule has 9 atom stereocenters. The third-order valence-electron chi connectivity index (χ3n) is 17.8. The largest absolute Gasteiger partial charge is 0.394 e. The van der Waals surface area contributed by atoms with Crippen LogP contribution in [0.25, 0.3) is 0 Å². The van der Waals surface area contributed by atoms with Crippen molar-refractivity contribution < 1.29 is 50.0 Å². The highest BCUT2D eigenvalue weighted by Gasteiger charge is 2.44. The lowest BCUT2D eigenvalue weighted by Gasteiger charge is -2.40. The van der Waals surface area contributed by atoms with Gasteiger partial charge in [-0.05, 0) is 89.9 Å². The van der Waals surface area contributed by atoms with E-state index in [9.17, 15) is 40.5 Å². The second-order valence-corrected chi connectivity index (χ2v) is 26.0. The summed E-state index contributed by atoms with van der Waals surface area (Å²) in [7, 11) is 0. The standard InChI is InChI=1S/C75H141NO10/c1-3-5-7-9-11-13-15-17-19-21-23-25-27-29-31-33-34-35-37-38-40-42-44-46-48-50-52-54-56-58-60-62-67(78)70(80)66(65-85-75-73(83)72(82)71(81)69(64-77)86-75)76-74(84)68(79)63-61-59-57-55-53-51-49-47-45-43-41-39-36-32-30-28-26-24-22-20-18-16-14-12-10-8-6-4-2/h30,32,38,40,46,48,54,56,66-73,75,77-83H,3-29,31,33-37,39,41-45,47,49-53,55,57-65H2,1-2H3,(H,76,84)/b32-30-,40-38+,48-46+,56-54+. The quantitative estimate of drug-likeness (QED) is 0.0215. The molecule has 1 rings (SSSR count).